The minimum Gasteiger partial charge on any atom is -0.344 e. The van der Waals surface area contributed by atoms with Crippen molar-refractivity contribution in [1.29, 1.82) is 0 Å². The lowest BCUT2D eigenvalue weighted by Gasteiger charge is -2.21. The smallest absolute Gasteiger partial charge is 0.243 e. The van der Waals surface area contributed by atoms with Crippen molar-refractivity contribution in [3.05, 3.63) is 0 Å². The molecule has 1 rings (SSSR count). The summed E-state index contributed by atoms with van der Waals surface area (Å²) < 4.78 is 0. The van der Waals surface area contributed by atoms with Gasteiger partial charge in [0, 0.05) is 6.42 Å². The van der Waals surface area contributed by atoms with Crippen molar-refractivity contribution in [1.82, 2.24) is 10.6 Å². The van der Waals surface area contributed by atoms with E-state index >= 15 is 0 Å². The van der Waals surface area contributed by atoms with Gasteiger partial charge < -0.3 is 10.6 Å². The fourth-order valence-corrected chi connectivity index (χ4v) is 1.80. The number of hydrogen-bond acceptors (Lipinski definition) is 3. The highest BCUT2D eigenvalue weighted by atomic mass is 16.2. The van der Waals surface area contributed by atoms with E-state index in [0.29, 0.717) is 12.8 Å². The number of nitrogens with one attached hydrogen (secondary N) is 2. The maximum absolute atomic E-state index is 11.7. The monoisotopic (exact) mass is 226 g/mol. The van der Waals surface area contributed by atoms with Crippen LogP contribution in [0.15, 0.2) is 0 Å². The van der Waals surface area contributed by atoms with E-state index in [9.17, 15) is 14.4 Å². The molecule has 1 heterocycles. The second kappa shape index (κ2) is 5.09. The molecule has 1 aliphatic rings. The molecule has 0 bridgehead atoms. The first-order valence-corrected chi connectivity index (χ1v) is 5.52. The van der Waals surface area contributed by atoms with E-state index in [1.165, 1.54) is 6.92 Å². The number of Topliss-reactive ketones (excluding diaryl/α,β-unsaturated/α-hetero) is 1. The molecule has 5 nitrogen and oxygen atoms in total. The zero-order valence-corrected chi connectivity index (χ0v) is 9.87. The van der Waals surface area contributed by atoms with Gasteiger partial charge in [0.1, 0.15) is 6.04 Å². The molecule has 2 unspecified atom stereocenters. The van der Waals surface area contributed by atoms with Crippen LogP contribution in [0.3, 0.4) is 0 Å². The second-order valence-electron chi connectivity index (χ2n) is 4.50. The third-order valence-corrected chi connectivity index (χ3v) is 2.71. The average molecular weight is 226 g/mol. The summed E-state index contributed by atoms with van der Waals surface area (Å²) in [5, 5.41) is 5.25. The number of amides is 2. The van der Waals surface area contributed by atoms with E-state index in [-0.39, 0.29) is 23.5 Å². The van der Waals surface area contributed by atoms with E-state index in [2.05, 4.69) is 10.6 Å². The van der Waals surface area contributed by atoms with Crippen LogP contribution in [0.25, 0.3) is 0 Å². The third kappa shape index (κ3) is 3.05. The molecule has 0 saturated carbocycles. The summed E-state index contributed by atoms with van der Waals surface area (Å²) >= 11 is 0. The fourth-order valence-electron chi connectivity index (χ4n) is 1.80. The van der Waals surface area contributed by atoms with Gasteiger partial charge in [0.05, 0.1) is 6.04 Å². The van der Waals surface area contributed by atoms with Gasteiger partial charge in [-0.25, -0.2) is 0 Å². The number of rotatable bonds is 4. The van der Waals surface area contributed by atoms with Crippen LogP contribution < -0.4 is 10.6 Å². The minimum atomic E-state index is -0.479. The van der Waals surface area contributed by atoms with Gasteiger partial charge in [-0.3, -0.25) is 14.4 Å². The first-order valence-electron chi connectivity index (χ1n) is 5.52. The molecular weight excluding hydrogens is 208 g/mol. The minimum absolute atomic E-state index is 0.0542. The number of ketones is 1. The number of hydrogen-bond donors (Lipinski definition) is 2. The molecule has 0 radical (unpaired) electrons. The Morgan fingerprint density at radius 1 is 1.44 bits per heavy atom. The van der Waals surface area contributed by atoms with Crippen LogP contribution in [0.4, 0.5) is 0 Å². The molecule has 0 aromatic carbocycles. The van der Waals surface area contributed by atoms with Crippen molar-refractivity contribution in [3.63, 3.8) is 0 Å². The van der Waals surface area contributed by atoms with Gasteiger partial charge in [0.15, 0.2) is 5.78 Å². The van der Waals surface area contributed by atoms with Gasteiger partial charge in [-0.1, -0.05) is 13.8 Å². The van der Waals surface area contributed by atoms with Crippen LogP contribution in [0.5, 0.6) is 0 Å². The van der Waals surface area contributed by atoms with E-state index in [1.807, 2.05) is 13.8 Å². The van der Waals surface area contributed by atoms with Crippen LogP contribution in [0.1, 0.15) is 33.6 Å². The molecule has 1 aliphatic heterocycles. The van der Waals surface area contributed by atoms with E-state index in [0.717, 1.165) is 0 Å². The van der Waals surface area contributed by atoms with Crippen LogP contribution in [-0.4, -0.2) is 29.7 Å². The Morgan fingerprint density at radius 3 is 2.44 bits per heavy atom. The van der Waals surface area contributed by atoms with Crippen molar-refractivity contribution in [3.8, 4) is 0 Å². The van der Waals surface area contributed by atoms with Gasteiger partial charge in [-0.15, -0.1) is 0 Å². The normalized spacial score (nSPS) is 21.8. The maximum atomic E-state index is 11.7. The van der Waals surface area contributed by atoms with Crippen LogP contribution in [0, 0.1) is 5.92 Å². The maximum Gasteiger partial charge on any atom is 0.243 e. The molecule has 2 N–H and O–H groups in total. The molecule has 2 amide bonds. The van der Waals surface area contributed by atoms with E-state index in [1.54, 1.807) is 0 Å². The lowest BCUT2D eigenvalue weighted by Crippen LogP contribution is -2.50. The standard InChI is InChI=1S/C11H18N2O3/c1-6(2)10(7(3)14)13-11(16)8-4-5-9(15)12-8/h6,8,10H,4-5H2,1-3H3,(H,12,15)(H,13,16). The molecular formula is C11H18N2O3. The van der Waals surface area contributed by atoms with Crippen molar-refractivity contribution >= 4 is 17.6 Å². The van der Waals surface area contributed by atoms with Crippen LogP contribution in [-0.2, 0) is 14.4 Å². The summed E-state index contributed by atoms with van der Waals surface area (Å²) in [6.45, 7) is 5.21. The summed E-state index contributed by atoms with van der Waals surface area (Å²) in [7, 11) is 0. The number of carbonyl (C=O) groups is 3. The zero-order chi connectivity index (χ0) is 12.3. The van der Waals surface area contributed by atoms with Gasteiger partial charge in [-0.05, 0) is 19.3 Å². The quantitative estimate of drug-likeness (QED) is 0.708. The lowest BCUT2D eigenvalue weighted by atomic mass is 10.0. The summed E-state index contributed by atoms with van der Waals surface area (Å²) in [5.74, 6) is -0.380. The third-order valence-electron chi connectivity index (χ3n) is 2.71. The summed E-state index contributed by atoms with van der Waals surface area (Å²) in [6.07, 6.45) is 0.887. The van der Waals surface area contributed by atoms with Gasteiger partial charge in [-0.2, -0.15) is 0 Å². The average Bonchev–Trinajstić information content (AvgIpc) is 2.59. The topological polar surface area (TPSA) is 75.3 Å². The SMILES string of the molecule is CC(=O)C(NC(=O)C1CCC(=O)N1)C(C)C. The molecule has 1 saturated heterocycles. The molecule has 1 fully saturated rings. The highest BCUT2D eigenvalue weighted by molar-refractivity contribution is 5.93. The highest BCUT2D eigenvalue weighted by Crippen LogP contribution is 2.09. The van der Waals surface area contributed by atoms with E-state index < -0.39 is 12.1 Å². The largest absolute Gasteiger partial charge is 0.344 e. The Morgan fingerprint density at radius 2 is 2.06 bits per heavy atom. The van der Waals surface area contributed by atoms with Crippen molar-refractivity contribution in [2.24, 2.45) is 5.92 Å². The molecule has 0 aliphatic carbocycles. The molecule has 5 heteroatoms. The Kier molecular flexibility index (Phi) is 4.04. The Labute approximate surface area is 95.0 Å². The Hall–Kier alpha value is -1.39. The summed E-state index contributed by atoms with van der Waals surface area (Å²) in [6, 6.07) is -0.946. The zero-order valence-electron chi connectivity index (χ0n) is 9.87. The number of carbonyl (C=O) groups excluding carboxylic acids is 3. The highest BCUT2D eigenvalue weighted by Gasteiger charge is 2.30. The van der Waals surface area contributed by atoms with Gasteiger partial charge in [0.2, 0.25) is 11.8 Å². The van der Waals surface area contributed by atoms with Crippen LogP contribution in [0.2, 0.25) is 0 Å². The molecule has 0 aromatic heterocycles. The van der Waals surface area contributed by atoms with Gasteiger partial charge in [0.25, 0.3) is 0 Å². The molecule has 90 valence electrons. The molecule has 0 spiro atoms. The van der Waals surface area contributed by atoms with Crippen molar-refractivity contribution in [2.75, 3.05) is 0 Å². The summed E-state index contributed by atoms with van der Waals surface area (Å²) in [4.78, 5) is 34.0. The molecule has 0 aromatic rings. The van der Waals surface area contributed by atoms with E-state index in [4.69, 9.17) is 0 Å². The lowest BCUT2D eigenvalue weighted by molar-refractivity contribution is -0.129. The summed E-state index contributed by atoms with van der Waals surface area (Å²) in [5.41, 5.74) is 0. The predicted molar refractivity (Wildman–Crippen MR) is 58.6 cm³/mol. The molecule has 16 heavy (non-hydrogen) atoms. The van der Waals surface area contributed by atoms with Crippen molar-refractivity contribution in [2.45, 2.75) is 45.7 Å². The van der Waals surface area contributed by atoms with Crippen LogP contribution >= 0.6 is 0 Å². The predicted octanol–water partition coefficient (Wildman–Crippen LogP) is -0.00520. The molecule has 2 atom stereocenters. The Bertz CT molecular complexity index is 312. The first kappa shape index (κ1) is 12.7. The Balaban J connectivity index is 2.55. The second-order valence-corrected chi connectivity index (χ2v) is 4.50. The van der Waals surface area contributed by atoms with Gasteiger partial charge >= 0.3 is 0 Å². The van der Waals surface area contributed by atoms with Crippen molar-refractivity contribution < 1.29 is 14.4 Å². The first-order chi connectivity index (χ1) is 7.41. The fraction of sp³-hybridized carbons (Fsp3) is 0.727.